The lowest BCUT2D eigenvalue weighted by atomic mass is 9.85. The van der Waals surface area contributed by atoms with Crippen molar-refractivity contribution in [1.82, 2.24) is 0 Å². The molecule has 0 bridgehead atoms. The lowest BCUT2D eigenvalue weighted by Crippen LogP contribution is -2.38. The number of carbonyl (C=O) groups is 1. The molecule has 1 fully saturated rings. The number of aromatic nitrogens is 1. The predicted octanol–water partition coefficient (Wildman–Crippen LogP) is 3.56. The molecule has 5 nitrogen and oxygen atoms in total. The van der Waals surface area contributed by atoms with Gasteiger partial charge in [-0.15, -0.1) is 0 Å². The van der Waals surface area contributed by atoms with Gasteiger partial charge in [-0.2, -0.15) is 0 Å². The summed E-state index contributed by atoms with van der Waals surface area (Å²) in [7, 11) is 3.53. The van der Waals surface area contributed by atoms with Crippen molar-refractivity contribution in [3.8, 4) is 5.75 Å². The largest absolute Gasteiger partial charge is 0.489 e. The van der Waals surface area contributed by atoms with E-state index in [0.29, 0.717) is 24.3 Å². The third-order valence-electron chi connectivity index (χ3n) is 5.45. The summed E-state index contributed by atoms with van der Waals surface area (Å²) < 4.78 is 32.9. The van der Waals surface area contributed by atoms with Crippen molar-refractivity contribution < 1.29 is 28.0 Å². The number of cyclic esters (lactones) is 1. The van der Waals surface area contributed by atoms with Crippen LogP contribution in [0.2, 0.25) is 0 Å². The van der Waals surface area contributed by atoms with Crippen molar-refractivity contribution >= 4 is 16.9 Å². The maximum absolute atomic E-state index is 14.3. The second-order valence-electron chi connectivity index (χ2n) is 7.32. The number of fused-ring (bicyclic) bond motifs is 1. The summed E-state index contributed by atoms with van der Waals surface area (Å²) in [6.45, 7) is 0.549. The molecule has 1 saturated heterocycles. The van der Waals surface area contributed by atoms with Crippen LogP contribution in [0.5, 0.6) is 5.75 Å². The van der Waals surface area contributed by atoms with Gasteiger partial charge in [-0.25, -0.2) is 8.96 Å². The van der Waals surface area contributed by atoms with Crippen molar-refractivity contribution in [3.05, 3.63) is 71.7 Å². The normalized spacial score (nSPS) is 19.2. The van der Waals surface area contributed by atoms with Crippen LogP contribution in [0, 0.1) is 5.82 Å². The number of ether oxygens (including phenoxy) is 3. The van der Waals surface area contributed by atoms with E-state index in [1.54, 1.807) is 6.07 Å². The molecule has 1 unspecified atom stereocenters. The highest BCUT2D eigenvalue weighted by atomic mass is 19.1. The molecule has 0 radical (unpaired) electrons. The van der Waals surface area contributed by atoms with Crippen LogP contribution in [0.25, 0.3) is 10.9 Å². The molecule has 0 amide bonds. The van der Waals surface area contributed by atoms with Gasteiger partial charge in [0.25, 0.3) is 0 Å². The molecule has 1 aliphatic rings. The Balaban J connectivity index is 1.57. The van der Waals surface area contributed by atoms with Gasteiger partial charge < -0.3 is 14.2 Å². The van der Waals surface area contributed by atoms with E-state index in [2.05, 4.69) is 10.6 Å². The summed E-state index contributed by atoms with van der Waals surface area (Å²) in [4.78, 5) is 11.8. The summed E-state index contributed by atoms with van der Waals surface area (Å²) >= 11 is 0. The van der Waals surface area contributed by atoms with E-state index in [0.717, 1.165) is 16.5 Å². The van der Waals surface area contributed by atoms with Crippen LogP contribution in [-0.2, 0) is 33.5 Å². The lowest BCUT2D eigenvalue weighted by molar-refractivity contribution is -0.644. The third-order valence-corrected chi connectivity index (χ3v) is 5.45. The average Bonchev–Trinajstić information content (AvgIpc) is 2.72. The van der Waals surface area contributed by atoms with Gasteiger partial charge in [0.2, 0.25) is 5.52 Å². The maximum Gasteiger partial charge on any atom is 0.309 e. The minimum atomic E-state index is -0.896. The standard InChI is InChI=1S/C23H23FNO4/c1-25-8-3-4-17-10-16(5-6-21(17)25)15-29-20-12-18(11-19(24)13-20)23(27-2)7-9-28-22(26)14-23/h3-6,8,10-13H,7,9,14-15H2,1-2H3/q+1. The average molecular weight is 396 g/mol. The van der Waals surface area contributed by atoms with Crippen LogP contribution in [-0.4, -0.2) is 19.7 Å². The van der Waals surface area contributed by atoms with E-state index >= 15 is 0 Å². The van der Waals surface area contributed by atoms with Crippen LogP contribution in [0.1, 0.15) is 24.0 Å². The molecule has 150 valence electrons. The molecule has 0 N–H and O–H groups in total. The summed E-state index contributed by atoms with van der Waals surface area (Å²) in [5, 5.41) is 1.11. The molecule has 1 aromatic heterocycles. The molecule has 4 rings (SSSR count). The smallest absolute Gasteiger partial charge is 0.309 e. The van der Waals surface area contributed by atoms with Gasteiger partial charge >= 0.3 is 5.97 Å². The fourth-order valence-electron chi connectivity index (χ4n) is 3.82. The molecule has 1 aliphatic heterocycles. The molecular weight excluding hydrogens is 373 g/mol. The van der Waals surface area contributed by atoms with Crippen LogP contribution in [0.15, 0.2) is 54.7 Å². The Hall–Kier alpha value is -2.99. The number of hydrogen-bond acceptors (Lipinski definition) is 4. The Bertz CT molecular complexity index is 1070. The van der Waals surface area contributed by atoms with E-state index in [4.69, 9.17) is 14.2 Å². The molecule has 3 aromatic rings. The monoisotopic (exact) mass is 396 g/mol. The highest BCUT2D eigenvalue weighted by molar-refractivity contribution is 5.76. The quantitative estimate of drug-likeness (QED) is 0.489. The highest BCUT2D eigenvalue weighted by Gasteiger charge is 2.39. The fraction of sp³-hybridized carbons (Fsp3) is 0.304. The maximum atomic E-state index is 14.3. The fourth-order valence-corrected chi connectivity index (χ4v) is 3.82. The first-order chi connectivity index (χ1) is 14.0. The van der Waals surface area contributed by atoms with Gasteiger partial charge in [0, 0.05) is 37.1 Å². The number of aryl methyl sites for hydroxylation is 1. The van der Waals surface area contributed by atoms with Crippen molar-refractivity contribution in [2.45, 2.75) is 25.0 Å². The minimum Gasteiger partial charge on any atom is -0.489 e. The first-order valence-corrected chi connectivity index (χ1v) is 9.51. The van der Waals surface area contributed by atoms with Gasteiger partial charge in [0.15, 0.2) is 6.20 Å². The number of rotatable bonds is 5. The predicted molar refractivity (Wildman–Crippen MR) is 105 cm³/mol. The lowest BCUT2D eigenvalue weighted by Gasteiger charge is -2.35. The molecule has 0 spiro atoms. The number of nitrogens with zero attached hydrogens (tertiary/aromatic N) is 1. The van der Waals surface area contributed by atoms with Gasteiger partial charge in [0.05, 0.1) is 13.0 Å². The highest BCUT2D eigenvalue weighted by Crippen LogP contribution is 2.38. The second kappa shape index (κ2) is 7.79. The van der Waals surface area contributed by atoms with Crippen molar-refractivity contribution in [2.24, 2.45) is 7.05 Å². The molecule has 0 saturated carbocycles. The third kappa shape index (κ3) is 3.93. The number of carbonyl (C=O) groups excluding carboxylic acids is 1. The van der Waals surface area contributed by atoms with Crippen LogP contribution >= 0.6 is 0 Å². The Morgan fingerprint density at radius 2 is 2.07 bits per heavy atom. The number of pyridine rings is 1. The first-order valence-electron chi connectivity index (χ1n) is 9.51. The summed E-state index contributed by atoms with van der Waals surface area (Å²) in [5.74, 6) is -0.387. The SMILES string of the molecule is COC1(c2cc(F)cc(OCc3ccc4c(ccc[n+]4C)c3)c2)CCOC(=O)C1. The zero-order chi connectivity index (χ0) is 20.4. The molecule has 2 heterocycles. The van der Waals surface area contributed by atoms with E-state index in [-0.39, 0.29) is 19.0 Å². The van der Waals surface area contributed by atoms with E-state index < -0.39 is 11.4 Å². The Labute approximate surface area is 168 Å². The molecule has 1 atom stereocenters. The minimum absolute atomic E-state index is 0.0497. The number of esters is 1. The number of hydrogen-bond donors (Lipinski definition) is 0. The summed E-state index contributed by atoms with van der Waals surface area (Å²) in [5.41, 5.74) is 1.79. The molecule has 0 aliphatic carbocycles. The number of benzene rings is 2. The Kier molecular flexibility index (Phi) is 5.20. The van der Waals surface area contributed by atoms with Crippen molar-refractivity contribution in [1.29, 1.82) is 0 Å². The van der Waals surface area contributed by atoms with Crippen LogP contribution < -0.4 is 9.30 Å². The van der Waals surface area contributed by atoms with Crippen molar-refractivity contribution in [3.63, 3.8) is 0 Å². The Morgan fingerprint density at radius 1 is 1.21 bits per heavy atom. The van der Waals surface area contributed by atoms with Gasteiger partial charge in [-0.1, -0.05) is 0 Å². The van der Waals surface area contributed by atoms with E-state index in [9.17, 15) is 9.18 Å². The summed E-state index contributed by atoms with van der Waals surface area (Å²) in [6.07, 6.45) is 2.52. The van der Waals surface area contributed by atoms with E-state index in [1.807, 2.05) is 37.5 Å². The Morgan fingerprint density at radius 3 is 2.86 bits per heavy atom. The topological polar surface area (TPSA) is 48.6 Å². The second-order valence-corrected chi connectivity index (χ2v) is 7.32. The zero-order valence-electron chi connectivity index (χ0n) is 16.5. The first kappa shape index (κ1) is 19.3. The zero-order valence-corrected chi connectivity index (χ0v) is 16.5. The summed E-state index contributed by atoms with van der Waals surface area (Å²) in [6, 6.07) is 14.6. The van der Waals surface area contributed by atoms with Gasteiger partial charge in [-0.3, -0.25) is 4.79 Å². The molecule has 29 heavy (non-hydrogen) atoms. The molecular formula is C23H23FNO4+. The van der Waals surface area contributed by atoms with Gasteiger partial charge in [0.1, 0.15) is 30.8 Å². The number of methoxy groups -OCH3 is 1. The van der Waals surface area contributed by atoms with Crippen molar-refractivity contribution in [2.75, 3.05) is 13.7 Å². The molecule has 2 aromatic carbocycles. The number of halogens is 1. The van der Waals surface area contributed by atoms with Crippen LogP contribution in [0.3, 0.4) is 0 Å². The van der Waals surface area contributed by atoms with Crippen LogP contribution in [0.4, 0.5) is 4.39 Å². The molecule has 6 heteroatoms. The van der Waals surface area contributed by atoms with E-state index in [1.165, 1.54) is 19.2 Å². The van der Waals surface area contributed by atoms with Gasteiger partial charge in [-0.05, 0) is 41.5 Å².